The quantitative estimate of drug-likeness (QED) is 0.483. The van der Waals surface area contributed by atoms with E-state index in [2.05, 4.69) is 59.8 Å². The molecule has 2 aliphatic heterocycles. The van der Waals surface area contributed by atoms with E-state index in [1.54, 1.807) is 12.1 Å². The second-order valence-corrected chi connectivity index (χ2v) is 10.8. The first-order chi connectivity index (χ1) is 17.8. The van der Waals surface area contributed by atoms with Gasteiger partial charge in [0.25, 0.3) is 0 Å². The largest absolute Gasteiger partial charge is 0.545 e. The van der Waals surface area contributed by atoms with Gasteiger partial charge in [0.2, 0.25) is 0 Å². The molecule has 2 aromatic carbocycles. The molecule has 2 aliphatic carbocycles. The first-order valence-electron chi connectivity index (χ1n) is 12.8. The zero-order valence-electron chi connectivity index (χ0n) is 21.4. The number of carboxylic acid groups (broad SMARTS) is 1. The van der Waals surface area contributed by atoms with Gasteiger partial charge in [-0.05, 0) is 58.0 Å². The lowest BCUT2D eigenvalue weighted by molar-refractivity contribution is -0.597. The predicted octanol–water partition coefficient (Wildman–Crippen LogP) is 3.11. The van der Waals surface area contributed by atoms with Crippen molar-refractivity contribution in [3.63, 3.8) is 0 Å². The van der Waals surface area contributed by atoms with Crippen molar-refractivity contribution < 1.29 is 24.0 Å². The highest BCUT2D eigenvalue weighted by Gasteiger charge is 2.43. The summed E-state index contributed by atoms with van der Waals surface area (Å²) >= 11 is 0. The number of nitrogens with zero attached hydrogens (tertiary/aromatic N) is 2. The number of methoxy groups -OCH3 is 1. The van der Waals surface area contributed by atoms with Crippen molar-refractivity contribution >= 4 is 28.9 Å². The third-order valence-electron chi connectivity index (χ3n) is 8.31. The number of benzene rings is 2. The van der Waals surface area contributed by atoms with E-state index in [1.165, 1.54) is 24.8 Å². The van der Waals surface area contributed by atoms with Gasteiger partial charge >= 0.3 is 5.97 Å². The van der Waals surface area contributed by atoms with E-state index in [0.29, 0.717) is 18.7 Å². The Morgan fingerprint density at radius 2 is 1.81 bits per heavy atom. The molecule has 0 bridgehead atoms. The zero-order chi connectivity index (χ0) is 25.9. The number of carbonyl (C=O) groups is 2. The van der Waals surface area contributed by atoms with Crippen LogP contribution in [0.5, 0.6) is 0 Å². The van der Waals surface area contributed by atoms with E-state index < -0.39 is 5.97 Å². The van der Waals surface area contributed by atoms with Crippen molar-refractivity contribution in [1.29, 1.82) is 0 Å². The van der Waals surface area contributed by atoms with E-state index in [0.717, 1.165) is 41.1 Å². The fraction of sp³-hybridized carbons (Fsp3) is 0.323. The Bertz CT molecular complexity index is 1460. The van der Waals surface area contributed by atoms with Crippen LogP contribution in [0.3, 0.4) is 0 Å². The average Bonchev–Trinajstić information content (AvgIpc) is 2.83. The fourth-order valence-corrected chi connectivity index (χ4v) is 5.97. The second kappa shape index (κ2) is 8.58. The normalized spacial score (nSPS) is 21.4. The molecule has 2 fully saturated rings. The zero-order valence-corrected chi connectivity index (χ0v) is 21.4. The van der Waals surface area contributed by atoms with Crippen LogP contribution in [0, 0.1) is 5.92 Å². The molecule has 6 heteroatoms. The molecular formula is C31H30N2O4. The maximum atomic E-state index is 12.1. The number of hydrogen-bond acceptors (Lipinski definition) is 5. The van der Waals surface area contributed by atoms with Gasteiger partial charge < -0.3 is 19.5 Å². The van der Waals surface area contributed by atoms with Crippen LogP contribution in [0.15, 0.2) is 71.8 Å². The van der Waals surface area contributed by atoms with E-state index in [9.17, 15) is 14.7 Å². The highest BCUT2D eigenvalue weighted by atomic mass is 16.5. The van der Waals surface area contributed by atoms with Crippen LogP contribution in [-0.2, 0) is 14.9 Å². The Labute approximate surface area is 216 Å². The molecular weight excluding hydrogens is 464 g/mol. The molecule has 4 aliphatic rings. The third-order valence-corrected chi connectivity index (χ3v) is 8.31. The number of anilines is 1. The van der Waals surface area contributed by atoms with Crippen LogP contribution in [0.2, 0.25) is 0 Å². The Balaban J connectivity index is 1.55. The Morgan fingerprint density at radius 1 is 1.05 bits per heavy atom. The van der Waals surface area contributed by atoms with Crippen molar-refractivity contribution in [2.24, 2.45) is 5.92 Å². The topological polar surface area (TPSA) is 72.7 Å². The molecule has 37 heavy (non-hydrogen) atoms. The Kier molecular flexibility index (Phi) is 5.44. The molecule has 2 aromatic rings. The summed E-state index contributed by atoms with van der Waals surface area (Å²) < 4.78 is 7.11. The molecule has 188 valence electrons. The van der Waals surface area contributed by atoms with Crippen LogP contribution in [0.1, 0.15) is 47.3 Å². The molecule has 0 radical (unpaired) electrons. The molecule has 0 N–H and O–H groups in total. The van der Waals surface area contributed by atoms with Gasteiger partial charge in [-0.1, -0.05) is 44.2 Å². The van der Waals surface area contributed by atoms with Crippen LogP contribution >= 0.6 is 0 Å². The third kappa shape index (κ3) is 3.66. The van der Waals surface area contributed by atoms with Crippen molar-refractivity contribution in [1.82, 2.24) is 0 Å². The van der Waals surface area contributed by atoms with Crippen molar-refractivity contribution in [2.75, 3.05) is 38.2 Å². The van der Waals surface area contributed by atoms with Crippen molar-refractivity contribution in [3.05, 3.63) is 94.1 Å². The second-order valence-electron chi connectivity index (χ2n) is 10.8. The summed E-state index contributed by atoms with van der Waals surface area (Å²) in [5.74, 6) is -1.46. The molecule has 2 heterocycles. The molecule has 6 nitrogen and oxygen atoms in total. The van der Waals surface area contributed by atoms with Gasteiger partial charge in [0.05, 0.1) is 13.1 Å². The molecule has 0 amide bonds. The number of aromatic carboxylic acids is 1. The van der Waals surface area contributed by atoms with Crippen LogP contribution < -0.4 is 10.0 Å². The molecule has 2 saturated heterocycles. The molecule has 0 aromatic heterocycles. The van der Waals surface area contributed by atoms with E-state index >= 15 is 0 Å². The molecule has 0 atom stereocenters. The van der Waals surface area contributed by atoms with Gasteiger partial charge in [0.1, 0.15) is 0 Å². The standard InChI is InChI=1S/C31H30N2O4/c1-31(2)26-15-20(32-13-6-14-32)9-11-24(26)28(22-7-4-5-8-23(22)29(34)35)25-12-10-21(16-27(25)31)33-17-19(18-33)30(36)37-3/h4-5,7-12,15-16,19H,6,13-14,17-18H2,1-3H3. The summed E-state index contributed by atoms with van der Waals surface area (Å²) in [4.78, 5) is 26.4. The number of esters is 1. The van der Waals surface area contributed by atoms with Gasteiger partial charge in [0, 0.05) is 41.9 Å². The smallest absolute Gasteiger partial charge is 0.321 e. The maximum absolute atomic E-state index is 12.1. The minimum atomic E-state index is -1.18. The van der Waals surface area contributed by atoms with Crippen LogP contribution in [0.4, 0.5) is 5.69 Å². The molecule has 0 spiro atoms. The van der Waals surface area contributed by atoms with Gasteiger partial charge in [-0.15, -0.1) is 0 Å². The van der Waals surface area contributed by atoms with Gasteiger partial charge in [-0.3, -0.25) is 4.79 Å². The van der Waals surface area contributed by atoms with Gasteiger partial charge in [-0.25, -0.2) is 4.58 Å². The number of carbonyl (C=O) groups excluding carboxylic acids is 2. The lowest BCUT2D eigenvalue weighted by Gasteiger charge is -2.41. The van der Waals surface area contributed by atoms with E-state index in [1.807, 2.05) is 12.1 Å². The minimum absolute atomic E-state index is 0.106. The van der Waals surface area contributed by atoms with Crippen molar-refractivity contribution in [2.45, 2.75) is 25.7 Å². The lowest BCUT2D eigenvalue weighted by atomic mass is 9.64. The number of carboxylic acids is 1. The Morgan fingerprint density at radius 3 is 2.49 bits per heavy atom. The first-order valence-corrected chi connectivity index (χ1v) is 12.8. The summed E-state index contributed by atoms with van der Waals surface area (Å²) in [6, 6.07) is 13.7. The van der Waals surface area contributed by atoms with Gasteiger partial charge in [0.15, 0.2) is 24.7 Å². The molecule has 0 saturated carbocycles. The number of allylic oxidation sites excluding steroid dienone is 5. The fourth-order valence-electron chi connectivity index (χ4n) is 5.97. The molecule has 0 unspecified atom stereocenters. The maximum Gasteiger partial charge on any atom is 0.321 e. The van der Waals surface area contributed by atoms with Gasteiger partial charge in [-0.2, -0.15) is 0 Å². The highest BCUT2D eigenvalue weighted by molar-refractivity contribution is 6.08. The van der Waals surface area contributed by atoms with Crippen LogP contribution in [0.25, 0.3) is 5.57 Å². The summed E-state index contributed by atoms with van der Waals surface area (Å²) in [6.07, 6.45) is 7.59. The summed E-state index contributed by atoms with van der Waals surface area (Å²) in [5.41, 5.74) is 8.12. The number of fused-ring (bicyclic) bond motifs is 2. The SMILES string of the molecule is COC(=O)C1C[N+](=C2C=CC3=C(c4ccccc4C(=O)[O-])c4ccc(N5CCC5)cc4C(C)(C)C3=C2)C1. The lowest BCUT2D eigenvalue weighted by Crippen LogP contribution is -2.47. The Hall–Kier alpha value is -3.93. The van der Waals surface area contributed by atoms with E-state index in [-0.39, 0.29) is 22.9 Å². The average molecular weight is 495 g/mol. The predicted molar refractivity (Wildman–Crippen MR) is 141 cm³/mol. The summed E-state index contributed by atoms with van der Waals surface area (Å²) in [7, 11) is 1.43. The number of ether oxygens (including phenoxy) is 1. The molecule has 6 rings (SSSR count). The first kappa shape index (κ1) is 23.5. The summed E-state index contributed by atoms with van der Waals surface area (Å²) in [6.45, 7) is 7.85. The van der Waals surface area contributed by atoms with Crippen LogP contribution in [-0.4, -0.2) is 55.5 Å². The number of hydrogen-bond donors (Lipinski definition) is 0. The highest BCUT2D eigenvalue weighted by Crippen LogP contribution is 2.51. The van der Waals surface area contributed by atoms with E-state index in [4.69, 9.17) is 4.74 Å². The number of rotatable bonds is 4. The monoisotopic (exact) mass is 494 g/mol. The minimum Gasteiger partial charge on any atom is -0.545 e. The summed E-state index contributed by atoms with van der Waals surface area (Å²) in [5, 5.41) is 12.1. The van der Waals surface area contributed by atoms with Crippen molar-refractivity contribution in [3.8, 4) is 0 Å².